The first kappa shape index (κ1) is 14.5. The molecule has 19 heavy (non-hydrogen) atoms. The maximum absolute atomic E-state index is 12.2. The maximum Gasteiger partial charge on any atom is 0.261 e. The van der Waals surface area contributed by atoms with Crippen LogP contribution in [0.5, 0.6) is 0 Å². The molecule has 2 N–H and O–H groups in total. The van der Waals surface area contributed by atoms with Crippen molar-refractivity contribution >= 4 is 17.2 Å². The second-order valence-corrected chi connectivity index (χ2v) is 6.78. The Bertz CT molecular complexity index is 441. The smallest absolute Gasteiger partial charge is 0.261 e. The van der Waals surface area contributed by atoms with Crippen molar-refractivity contribution in [2.24, 2.45) is 5.92 Å². The highest BCUT2D eigenvalue weighted by Gasteiger charge is 2.21. The van der Waals surface area contributed by atoms with Crippen LogP contribution in [0.25, 0.3) is 0 Å². The predicted octanol–water partition coefficient (Wildman–Crippen LogP) is 2.76. The van der Waals surface area contributed by atoms with E-state index in [9.17, 15) is 4.79 Å². The van der Waals surface area contributed by atoms with Crippen molar-refractivity contribution in [3.63, 3.8) is 0 Å². The Morgan fingerprint density at radius 2 is 2.42 bits per heavy atom. The number of rotatable bonds is 5. The Hall–Kier alpha value is -0.870. The summed E-state index contributed by atoms with van der Waals surface area (Å²) in [5.41, 5.74) is 1.37. The second kappa shape index (κ2) is 6.53. The Kier molecular flexibility index (Phi) is 4.99. The quantitative estimate of drug-likeness (QED) is 0.872. The van der Waals surface area contributed by atoms with Crippen molar-refractivity contribution in [2.75, 3.05) is 6.61 Å². The Labute approximate surface area is 119 Å². The summed E-state index contributed by atoms with van der Waals surface area (Å²) in [6, 6.07) is 2.20. The first-order valence-corrected chi connectivity index (χ1v) is 7.95. The van der Waals surface area contributed by atoms with Crippen LogP contribution in [0.3, 0.4) is 0 Å². The second-order valence-electron chi connectivity index (χ2n) is 5.65. The van der Waals surface area contributed by atoms with Gasteiger partial charge in [-0.15, -0.1) is 11.3 Å². The number of amides is 1. The third-order valence-corrected chi connectivity index (χ3v) is 4.96. The average molecular weight is 281 g/mol. The number of aliphatic hydroxyl groups excluding tert-OH is 1. The number of carbonyl (C=O) groups is 1. The third kappa shape index (κ3) is 3.80. The number of fused-ring (bicyclic) bond motifs is 1. The zero-order valence-corrected chi connectivity index (χ0v) is 12.6. The van der Waals surface area contributed by atoms with Crippen LogP contribution in [0, 0.1) is 5.92 Å². The summed E-state index contributed by atoms with van der Waals surface area (Å²) in [6.45, 7) is 4.45. The van der Waals surface area contributed by atoms with E-state index in [1.165, 1.54) is 16.9 Å². The molecule has 1 heterocycles. The predicted molar refractivity (Wildman–Crippen MR) is 78.8 cm³/mol. The van der Waals surface area contributed by atoms with Crippen LogP contribution in [0.2, 0.25) is 0 Å². The molecule has 1 aromatic heterocycles. The highest BCUT2D eigenvalue weighted by Crippen LogP contribution is 2.32. The van der Waals surface area contributed by atoms with Gasteiger partial charge >= 0.3 is 0 Å². The van der Waals surface area contributed by atoms with Gasteiger partial charge in [0.15, 0.2) is 0 Å². The Morgan fingerprint density at radius 3 is 3.16 bits per heavy atom. The molecule has 1 aliphatic carbocycles. The molecular weight excluding hydrogens is 258 g/mol. The highest BCUT2D eigenvalue weighted by molar-refractivity contribution is 7.14. The summed E-state index contributed by atoms with van der Waals surface area (Å²) in [7, 11) is 0. The molecule has 0 aliphatic heterocycles. The highest BCUT2D eigenvalue weighted by atomic mass is 32.1. The molecule has 1 amide bonds. The molecule has 0 aromatic carbocycles. The molecule has 0 fully saturated rings. The largest absolute Gasteiger partial charge is 0.396 e. The van der Waals surface area contributed by atoms with Crippen LogP contribution >= 0.6 is 11.3 Å². The lowest BCUT2D eigenvalue weighted by Crippen LogP contribution is -2.32. The molecular formula is C15H23NO2S. The molecule has 0 saturated carbocycles. The minimum atomic E-state index is 0.0393. The molecule has 0 saturated heterocycles. The van der Waals surface area contributed by atoms with Gasteiger partial charge in [-0.05, 0) is 56.6 Å². The zero-order chi connectivity index (χ0) is 13.8. The lowest BCUT2D eigenvalue weighted by atomic mass is 9.90. The van der Waals surface area contributed by atoms with Gasteiger partial charge in [0, 0.05) is 17.5 Å². The average Bonchev–Trinajstić information content (AvgIpc) is 2.79. The van der Waals surface area contributed by atoms with E-state index in [0.717, 1.165) is 36.5 Å². The van der Waals surface area contributed by atoms with Crippen LogP contribution in [0.15, 0.2) is 6.07 Å². The SMILES string of the molecule is CC1CCc2sc(C(=O)NC(C)CCCO)cc2C1. The van der Waals surface area contributed by atoms with Crippen LogP contribution in [0.1, 0.15) is 53.2 Å². The van der Waals surface area contributed by atoms with Gasteiger partial charge in [0.05, 0.1) is 4.88 Å². The van der Waals surface area contributed by atoms with Crippen molar-refractivity contribution in [3.05, 3.63) is 21.4 Å². The minimum Gasteiger partial charge on any atom is -0.396 e. The zero-order valence-electron chi connectivity index (χ0n) is 11.7. The van der Waals surface area contributed by atoms with Crippen molar-refractivity contribution < 1.29 is 9.90 Å². The fraction of sp³-hybridized carbons (Fsp3) is 0.667. The lowest BCUT2D eigenvalue weighted by Gasteiger charge is -2.16. The molecule has 3 nitrogen and oxygen atoms in total. The van der Waals surface area contributed by atoms with E-state index in [0.29, 0.717) is 0 Å². The van der Waals surface area contributed by atoms with Crippen LogP contribution < -0.4 is 5.32 Å². The van der Waals surface area contributed by atoms with E-state index in [2.05, 4.69) is 18.3 Å². The minimum absolute atomic E-state index is 0.0393. The van der Waals surface area contributed by atoms with E-state index in [1.807, 2.05) is 6.92 Å². The van der Waals surface area contributed by atoms with Gasteiger partial charge in [0.1, 0.15) is 0 Å². The fourth-order valence-corrected chi connectivity index (χ4v) is 3.69. The molecule has 0 radical (unpaired) electrons. The summed E-state index contributed by atoms with van der Waals surface area (Å²) in [5, 5.41) is 11.8. The molecule has 2 atom stereocenters. The molecule has 0 bridgehead atoms. The summed E-state index contributed by atoms with van der Waals surface area (Å²) in [6.07, 6.45) is 5.03. The van der Waals surface area contributed by atoms with Crippen molar-refractivity contribution in [2.45, 2.75) is 52.0 Å². The van der Waals surface area contributed by atoms with Gasteiger partial charge in [-0.2, -0.15) is 0 Å². The number of hydrogen-bond donors (Lipinski definition) is 2. The van der Waals surface area contributed by atoms with E-state index in [-0.39, 0.29) is 18.6 Å². The van der Waals surface area contributed by atoms with E-state index >= 15 is 0 Å². The van der Waals surface area contributed by atoms with Crippen LogP contribution in [0.4, 0.5) is 0 Å². The van der Waals surface area contributed by atoms with Crippen molar-refractivity contribution in [1.82, 2.24) is 5.32 Å². The normalized spacial score (nSPS) is 19.8. The summed E-state index contributed by atoms with van der Waals surface area (Å²) in [5.74, 6) is 0.777. The first-order chi connectivity index (χ1) is 9.10. The molecule has 1 aromatic rings. The third-order valence-electron chi connectivity index (χ3n) is 3.73. The van der Waals surface area contributed by atoms with Gasteiger partial charge in [-0.25, -0.2) is 0 Å². The molecule has 4 heteroatoms. The first-order valence-electron chi connectivity index (χ1n) is 7.13. The van der Waals surface area contributed by atoms with Gasteiger partial charge in [-0.3, -0.25) is 4.79 Å². The van der Waals surface area contributed by atoms with Gasteiger partial charge in [0.2, 0.25) is 0 Å². The number of hydrogen-bond acceptors (Lipinski definition) is 3. The monoisotopic (exact) mass is 281 g/mol. The summed E-state index contributed by atoms with van der Waals surface area (Å²) in [4.78, 5) is 14.4. The molecule has 2 unspecified atom stereocenters. The molecule has 0 spiro atoms. The number of nitrogens with one attached hydrogen (secondary N) is 1. The number of thiophene rings is 1. The Morgan fingerprint density at radius 1 is 1.63 bits per heavy atom. The van der Waals surface area contributed by atoms with Crippen LogP contribution in [-0.2, 0) is 12.8 Å². The summed E-state index contributed by atoms with van der Waals surface area (Å²) < 4.78 is 0. The topological polar surface area (TPSA) is 49.3 Å². The maximum atomic E-state index is 12.2. The lowest BCUT2D eigenvalue weighted by molar-refractivity contribution is 0.0940. The van der Waals surface area contributed by atoms with E-state index in [4.69, 9.17) is 5.11 Å². The fourth-order valence-electron chi connectivity index (χ4n) is 2.58. The summed E-state index contributed by atoms with van der Waals surface area (Å²) >= 11 is 1.65. The number of aryl methyl sites for hydroxylation is 1. The number of aliphatic hydroxyl groups is 1. The van der Waals surface area contributed by atoms with E-state index < -0.39 is 0 Å². The molecule has 2 rings (SSSR count). The van der Waals surface area contributed by atoms with Crippen molar-refractivity contribution in [3.8, 4) is 0 Å². The molecule has 106 valence electrons. The standard InChI is InChI=1S/C15H23NO2S/c1-10-5-6-13-12(8-10)9-14(19-13)15(18)16-11(2)4-3-7-17/h9-11,17H,3-8H2,1-2H3,(H,16,18). The van der Waals surface area contributed by atoms with Gasteiger partial charge in [0.25, 0.3) is 5.91 Å². The van der Waals surface area contributed by atoms with E-state index in [1.54, 1.807) is 11.3 Å². The van der Waals surface area contributed by atoms with Crippen molar-refractivity contribution in [1.29, 1.82) is 0 Å². The van der Waals surface area contributed by atoms with Crippen LogP contribution in [-0.4, -0.2) is 23.7 Å². The Balaban J connectivity index is 1.96. The van der Waals surface area contributed by atoms with Gasteiger partial charge in [-0.1, -0.05) is 6.92 Å². The number of carbonyl (C=O) groups excluding carboxylic acids is 1. The van der Waals surface area contributed by atoms with Gasteiger partial charge < -0.3 is 10.4 Å². The molecule has 1 aliphatic rings.